The maximum Gasteiger partial charge on any atom is 0.407 e. The first-order valence-electron chi connectivity index (χ1n) is 6.01. The maximum atomic E-state index is 11.9. The predicted molar refractivity (Wildman–Crippen MR) is 83.2 cm³/mol. The first-order valence-corrected chi connectivity index (χ1v) is 8.68. The average molecular weight is 356 g/mol. The fourth-order valence-corrected chi connectivity index (χ4v) is 3.85. The molecule has 0 aromatic carbocycles. The Morgan fingerprint density at radius 3 is 2.57 bits per heavy atom. The van der Waals surface area contributed by atoms with E-state index in [2.05, 4.69) is 10.0 Å². The van der Waals surface area contributed by atoms with Gasteiger partial charge in [-0.05, 0) is 26.8 Å². The Morgan fingerprint density at radius 1 is 1.48 bits per heavy atom. The van der Waals surface area contributed by atoms with Crippen LogP contribution in [-0.2, 0) is 14.8 Å². The first-order chi connectivity index (χ1) is 9.51. The van der Waals surface area contributed by atoms with Crippen molar-refractivity contribution in [1.29, 1.82) is 0 Å². The van der Waals surface area contributed by atoms with E-state index in [1.807, 2.05) is 20.8 Å². The summed E-state index contributed by atoms with van der Waals surface area (Å²) in [5.41, 5.74) is 5.30. The van der Waals surface area contributed by atoms with E-state index < -0.39 is 21.7 Å². The van der Waals surface area contributed by atoms with Crippen LogP contribution < -0.4 is 15.8 Å². The summed E-state index contributed by atoms with van der Waals surface area (Å²) < 4.78 is 31.2. The second kappa shape index (κ2) is 6.82. The molecule has 1 aromatic rings. The molecule has 0 radical (unpaired) electrons. The maximum absolute atomic E-state index is 11.9. The molecule has 0 aliphatic heterocycles. The summed E-state index contributed by atoms with van der Waals surface area (Å²) in [6, 6.07) is 1.28. The van der Waals surface area contributed by atoms with Gasteiger partial charge in [-0.15, -0.1) is 11.3 Å². The van der Waals surface area contributed by atoms with Gasteiger partial charge >= 0.3 is 6.09 Å². The van der Waals surface area contributed by atoms with E-state index >= 15 is 0 Å². The zero-order valence-electron chi connectivity index (χ0n) is 11.9. The van der Waals surface area contributed by atoms with Gasteiger partial charge in [0.25, 0.3) is 0 Å². The van der Waals surface area contributed by atoms with E-state index in [1.165, 1.54) is 6.07 Å². The number of ether oxygens (including phenoxy) is 1. The van der Waals surface area contributed by atoms with Crippen molar-refractivity contribution in [2.45, 2.75) is 30.5 Å². The molecule has 120 valence electrons. The van der Waals surface area contributed by atoms with E-state index in [0.717, 1.165) is 11.3 Å². The normalized spacial score (nSPS) is 12.2. The number of halogens is 1. The van der Waals surface area contributed by atoms with Crippen LogP contribution in [0.25, 0.3) is 0 Å². The number of nitrogens with two attached hydrogens (primary N) is 1. The number of alkyl carbamates (subject to hydrolysis) is 1. The zero-order valence-corrected chi connectivity index (χ0v) is 14.3. The number of hydrogen-bond acceptors (Lipinski definition) is 6. The van der Waals surface area contributed by atoms with Crippen LogP contribution in [-0.4, -0.2) is 33.2 Å². The highest BCUT2D eigenvalue weighted by Gasteiger charge is 2.19. The number of sulfonamides is 1. The topological polar surface area (TPSA) is 111 Å². The van der Waals surface area contributed by atoms with Crippen molar-refractivity contribution >= 4 is 44.7 Å². The smallest absolute Gasteiger partial charge is 0.407 e. The third kappa shape index (κ3) is 6.08. The van der Waals surface area contributed by atoms with E-state index in [0.29, 0.717) is 0 Å². The molecule has 0 saturated carbocycles. The minimum Gasteiger partial charge on any atom is -0.448 e. The molecular weight excluding hydrogens is 338 g/mol. The molecule has 0 atom stereocenters. The summed E-state index contributed by atoms with van der Waals surface area (Å²) in [4.78, 5) is 11.4. The molecular formula is C11H18ClN3O4S2. The number of nitrogen functional groups attached to an aromatic ring is 1. The molecule has 21 heavy (non-hydrogen) atoms. The number of nitrogens with one attached hydrogen (secondary N) is 2. The van der Waals surface area contributed by atoms with Gasteiger partial charge in [-0.2, -0.15) is 0 Å². The summed E-state index contributed by atoms with van der Waals surface area (Å²) in [6.45, 7) is 5.29. The van der Waals surface area contributed by atoms with Crippen molar-refractivity contribution < 1.29 is 17.9 Å². The Bertz CT molecular complexity index is 588. The van der Waals surface area contributed by atoms with Crippen LogP contribution in [0.5, 0.6) is 0 Å². The molecule has 7 nitrogen and oxygen atoms in total. The van der Waals surface area contributed by atoms with Gasteiger partial charge in [0, 0.05) is 12.1 Å². The molecule has 0 fully saturated rings. The number of amides is 1. The second-order valence-corrected chi connectivity index (χ2v) is 8.85. The minimum atomic E-state index is -3.70. The van der Waals surface area contributed by atoms with Crippen LogP contribution in [0.1, 0.15) is 20.8 Å². The first kappa shape index (κ1) is 18.0. The van der Waals surface area contributed by atoms with Gasteiger partial charge in [0.15, 0.2) is 0 Å². The molecule has 0 bridgehead atoms. The van der Waals surface area contributed by atoms with Crippen LogP contribution in [0.4, 0.5) is 10.5 Å². The Hall–Kier alpha value is -1.03. The van der Waals surface area contributed by atoms with Crippen LogP contribution in [0.15, 0.2) is 10.3 Å². The van der Waals surface area contributed by atoms with Crippen molar-refractivity contribution in [3.8, 4) is 0 Å². The van der Waals surface area contributed by atoms with Crippen LogP contribution in [0.3, 0.4) is 0 Å². The molecule has 1 rings (SSSR count). The van der Waals surface area contributed by atoms with E-state index in [-0.39, 0.29) is 27.4 Å². The second-order valence-electron chi connectivity index (χ2n) is 5.20. The van der Waals surface area contributed by atoms with Gasteiger partial charge in [0.05, 0.1) is 5.69 Å². The minimum absolute atomic E-state index is 0.0177. The van der Waals surface area contributed by atoms with Crippen LogP contribution in [0, 0.1) is 0 Å². The fourth-order valence-electron chi connectivity index (χ4n) is 1.23. The fraction of sp³-hybridized carbons (Fsp3) is 0.545. The Balaban J connectivity index is 2.43. The quantitative estimate of drug-likeness (QED) is 0.697. The number of carbonyl (C=O) groups is 1. The number of rotatable bonds is 5. The molecule has 0 saturated heterocycles. The van der Waals surface area contributed by atoms with Gasteiger partial charge in [0.2, 0.25) is 10.0 Å². The lowest BCUT2D eigenvalue weighted by Gasteiger charge is -2.19. The van der Waals surface area contributed by atoms with E-state index in [4.69, 9.17) is 22.1 Å². The highest BCUT2D eigenvalue weighted by molar-refractivity contribution is 7.91. The van der Waals surface area contributed by atoms with E-state index in [9.17, 15) is 13.2 Å². The molecule has 4 N–H and O–H groups in total. The predicted octanol–water partition coefficient (Wildman–Crippen LogP) is 1.79. The highest BCUT2D eigenvalue weighted by Crippen LogP contribution is 2.32. The standard InChI is InChI=1S/C11H18ClN3O4S2/c1-11(2,3)15-10(16)19-5-4-14-21(17,18)8-6-7(13)9(12)20-8/h6,14H,4-5,13H2,1-3H3,(H,15,16). The van der Waals surface area contributed by atoms with Crippen molar-refractivity contribution in [2.75, 3.05) is 18.9 Å². The largest absolute Gasteiger partial charge is 0.448 e. The van der Waals surface area contributed by atoms with Crippen molar-refractivity contribution in [3.63, 3.8) is 0 Å². The molecule has 0 aliphatic carbocycles. The van der Waals surface area contributed by atoms with Crippen molar-refractivity contribution in [1.82, 2.24) is 10.0 Å². The number of carbonyl (C=O) groups excluding carboxylic acids is 1. The van der Waals surface area contributed by atoms with Gasteiger partial charge in [0.1, 0.15) is 15.2 Å². The summed E-state index contributed by atoms with van der Waals surface area (Å²) >= 11 is 6.59. The monoisotopic (exact) mass is 355 g/mol. The van der Waals surface area contributed by atoms with Gasteiger partial charge in [-0.25, -0.2) is 17.9 Å². The van der Waals surface area contributed by atoms with Gasteiger partial charge in [-0.3, -0.25) is 0 Å². The highest BCUT2D eigenvalue weighted by atomic mass is 35.5. The number of anilines is 1. The van der Waals surface area contributed by atoms with Gasteiger partial charge in [-0.1, -0.05) is 11.6 Å². The van der Waals surface area contributed by atoms with Crippen LogP contribution in [0.2, 0.25) is 4.34 Å². The summed E-state index contributed by atoms with van der Waals surface area (Å²) in [5.74, 6) is 0. The van der Waals surface area contributed by atoms with Crippen molar-refractivity contribution in [3.05, 3.63) is 10.4 Å². The Kier molecular flexibility index (Phi) is 5.85. The molecule has 0 spiro atoms. The SMILES string of the molecule is CC(C)(C)NC(=O)OCCNS(=O)(=O)c1cc(N)c(Cl)s1. The Labute approximate surface area is 132 Å². The molecule has 0 aliphatic rings. The molecule has 10 heteroatoms. The lowest BCUT2D eigenvalue weighted by Crippen LogP contribution is -2.41. The lowest BCUT2D eigenvalue weighted by atomic mass is 10.1. The molecule has 1 aromatic heterocycles. The molecule has 1 amide bonds. The molecule has 0 unspecified atom stereocenters. The summed E-state index contributed by atoms with van der Waals surface area (Å²) in [5, 5.41) is 2.59. The summed E-state index contributed by atoms with van der Waals surface area (Å²) in [6.07, 6.45) is -0.606. The average Bonchev–Trinajstić information content (AvgIpc) is 2.64. The van der Waals surface area contributed by atoms with Crippen LogP contribution >= 0.6 is 22.9 Å². The van der Waals surface area contributed by atoms with E-state index in [1.54, 1.807) is 0 Å². The van der Waals surface area contributed by atoms with Crippen molar-refractivity contribution in [2.24, 2.45) is 0 Å². The zero-order chi connectivity index (χ0) is 16.3. The Morgan fingerprint density at radius 2 is 2.10 bits per heavy atom. The third-order valence-electron chi connectivity index (χ3n) is 2.06. The molecule has 1 heterocycles. The van der Waals surface area contributed by atoms with Gasteiger partial charge < -0.3 is 15.8 Å². The number of thiophene rings is 1. The summed E-state index contributed by atoms with van der Waals surface area (Å²) in [7, 11) is -3.70. The lowest BCUT2D eigenvalue weighted by molar-refractivity contribution is 0.139. The number of hydrogen-bond donors (Lipinski definition) is 3. The third-order valence-corrected chi connectivity index (χ3v) is 5.38.